The van der Waals surface area contributed by atoms with E-state index in [2.05, 4.69) is 168 Å². The van der Waals surface area contributed by atoms with Crippen LogP contribution in [0.15, 0.2) is 161 Å². The van der Waals surface area contributed by atoms with Crippen LogP contribution in [0.4, 0.5) is 0 Å². The van der Waals surface area contributed by atoms with Crippen LogP contribution in [0.1, 0.15) is 35.6 Å². The maximum Gasteiger partial charge on any atom is 0.0151 e. The van der Waals surface area contributed by atoms with Crippen LogP contribution in [0.5, 0.6) is 0 Å². The van der Waals surface area contributed by atoms with Crippen molar-refractivity contribution in [3.8, 4) is 0 Å². The van der Waals surface area contributed by atoms with Crippen molar-refractivity contribution in [2.75, 3.05) is 0 Å². The standard InChI is InChI=1S/C26H26S.C15H12/c1-19-10-5-7-14-24(19)25-17-16-23(18-21(25)3)13-9-12-22(4)27-26-15-8-6-11-20(26)2;1-11-10-12-6-2-3-8-14(12)15-9-5-4-7-13(11)15/h5-17H,4,18H2,1-3H3;2-10H,1H3/b12-9-,23-13-;. The topological polar surface area (TPSA) is 0 Å². The molecule has 1 aliphatic carbocycles. The summed E-state index contributed by atoms with van der Waals surface area (Å²) in [6, 6.07) is 36.4. The predicted octanol–water partition coefficient (Wildman–Crippen LogP) is 12.1. The number of fused-ring (bicyclic) bond motifs is 3. The number of aryl methyl sites for hydroxylation is 3. The van der Waals surface area contributed by atoms with Gasteiger partial charge in [0.1, 0.15) is 0 Å². The quantitative estimate of drug-likeness (QED) is 0.117. The Hall–Kier alpha value is -4.33. The second kappa shape index (κ2) is 13.6. The van der Waals surface area contributed by atoms with E-state index in [-0.39, 0.29) is 0 Å². The van der Waals surface area contributed by atoms with Crippen molar-refractivity contribution < 1.29 is 0 Å². The van der Waals surface area contributed by atoms with Gasteiger partial charge in [0.05, 0.1) is 0 Å². The molecule has 5 aromatic carbocycles. The largest absolute Gasteiger partial charge is 0.0904 e. The summed E-state index contributed by atoms with van der Waals surface area (Å²) in [5, 5.41) is 5.39. The van der Waals surface area contributed by atoms with Crippen molar-refractivity contribution in [3.05, 3.63) is 178 Å². The molecule has 1 aliphatic rings. The minimum absolute atomic E-state index is 0.988. The average molecular weight is 563 g/mol. The zero-order valence-electron chi connectivity index (χ0n) is 25.0. The Bertz CT molecular complexity index is 1880. The molecule has 0 fully saturated rings. The van der Waals surface area contributed by atoms with Crippen LogP contribution in [0.2, 0.25) is 0 Å². The van der Waals surface area contributed by atoms with Crippen LogP contribution < -0.4 is 0 Å². The van der Waals surface area contributed by atoms with Gasteiger partial charge in [-0.15, -0.1) is 0 Å². The highest BCUT2D eigenvalue weighted by atomic mass is 32.2. The summed E-state index contributed by atoms with van der Waals surface area (Å²) in [5.74, 6) is 0. The number of hydrogen-bond donors (Lipinski definition) is 0. The van der Waals surface area contributed by atoms with E-state index < -0.39 is 0 Å². The van der Waals surface area contributed by atoms with E-state index in [4.69, 9.17) is 0 Å². The first kappa shape index (κ1) is 29.2. The van der Waals surface area contributed by atoms with E-state index in [1.807, 2.05) is 0 Å². The van der Waals surface area contributed by atoms with Crippen LogP contribution in [0.25, 0.3) is 27.1 Å². The summed E-state index contributed by atoms with van der Waals surface area (Å²) >= 11 is 1.72. The third-order valence-electron chi connectivity index (χ3n) is 7.73. The molecule has 6 rings (SSSR count). The molecule has 0 saturated carbocycles. The first-order chi connectivity index (χ1) is 20.4. The molecule has 0 radical (unpaired) electrons. The van der Waals surface area contributed by atoms with Crippen LogP contribution in [-0.4, -0.2) is 0 Å². The lowest BCUT2D eigenvalue weighted by Gasteiger charge is -2.16. The minimum Gasteiger partial charge on any atom is -0.0904 e. The molecule has 0 bridgehead atoms. The maximum atomic E-state index is 4.17. The van der Waals surface area contributed by atoms with Crippen LogP contribution in [0, 0.1) is 20.8 Å². The summed E-state index contributed by atoms with van der Waals surface area (Å²) in [7, 11) is 0. The third kappa shape index (κ3) is 6.93. The van der Waals surface area contributed by atoms with Gasteiger partial charge in [-0.3, -0.25) is 0 Å². The Balaban J connectivity index is 0.000000196. The number of rotatable bonds is 5. The lowest BCUT2D eigenvalue weighted by molar-refractivity contribution is 1.14. The fraction of sp³-hybridized carbons (Fsp3) is 0.122. The second-order valence-corrected chi connectivity index (χ2v) is 12.1. The van der Waals surface area contributed by atoms with Crippen LogP contribution in [0.3, 0.4) is 0 Å². The highest BCUT2D eigenvalue weighted by molar-refractivity contribution is 8.03. The zero-order chi connectivity index (χ0) is 29.5. The molecule has 208 valence electrons. The Morgan fingerprint density at radius 1 is 0.667 bits per heavy atom. The maximum absolute atomic E-state index is 4.17. The van der Waals surface area contributed by atoms with Gasteiger partial charge in [0, 0.05) is 9.80 Å². The van der Waals surface area contributed by atoms with E-state index in [0.717, 1.165) is 11.3 Å². The SMILES string of the molecule is C=C(/C=C\C=C1\C=CC(c2ccccc2C)=C(C)C1)Sc1ccccc1C.Cc1cc2ccccc2c2ccccc12. The Labute approximate surface area is 255 Å². The van der Waals surface area contributed by atoms with E-state index in [1.165, 1.54) is 65.4 Å². The van der Waals surface area contributed by atoms with Crippen molar-refractivity contribution in [2.45, 2.75) is 39.0 Å². The number of thioether (sulfide) groups is 1. The number of allylic oxidation sites excluding steroid dienone is 8. The highest BCUT2D eigenvalue weighted by Crippen LogP contribution is 2.32. The molecule has 42 heavy (non-hydrogen) atoms. The molecule has 0 amide bonds. The molecule has 0 saturated heterocycles. The number of benzene rings is 5. The average Bonchev–Trinajstić information content (AvgIpc) is 3.00. The van der Waals surface area contributed by atoms with Gasteiger partial charge in [-0.1, -0.05) is 145 Å². The highest BCUT2D eigenvalue weighted by Gasteiger charge is 2.11. The summed E-state index contributed by atoms with van der Waals surface area (Å²) in [5.41, 5.74) is 9.40. The first-order valence-corrected chi connectivity index (χ1v) is 15.3. The Morgan fingerprint density at radius 2 is 1.31 bits per heavy atom. The molecule has 0 unspecified atom stereocenters. The van der Waals surface area contributed by atoms with Crippen molar-refractivity contribution in [1.29, 1.82) is 0 Å². The molecular formula is C41H38S. The zero-order valence-corrected chi connectivity index (χ0v) is 25.8. The molecule has 0 heterocycles. The van der Waals surface area contributed by atoms with Gasteiger partial charge in [0.2, 0.25) is 0 Å². The minimum atomic E-state index is 0.988. The molecule has 0 N–H and O–H groups in total. The summed E-state index contributed by atoms with van der Waals surface area (Å²) in [6.45, 7) is 12.9. The molecule has 0 nitrogen and oxygen atoms in total. The van der Waals surface area contributed by atoms with Gasteiger partial charge < -0.3 is 0 Å². The molecule has 5 aromatic rings. The normalized spacial score (nSPS) is 14.0. The predicted molar refractivity (Wildman–Crippen MR) is 187 cm³/mol. The van der Waals surface area contributed by atoms with Gasteiger partial charge in [-0.25, -0.2) is 0 Å². The summed E-state index contributed by atoms with van der Waals surface area (Å²) in [6.07, 6.45) is 11.9. The van der Waals surface area contributed by atoms with Crippen molar-refractivity contribution in [3.63, 3.8) is 0 Å². The second-order valence-electron chi connectivity index (χ2n) is 10.9. The van der Waals surface area contributed by atoms with E-state index >= 15 is 0 Å². The molecule has 0 aromatic heterocycles. The summed E-state index contributed by atoms with van der Waals surface area (Å²) in [4.78, 5) is 2.31. The summed E-state index contributed by atoms with van der Waals surface area (Å²) < 4.78 is 0. The lowest BCUT2D eigenvalue weighted by atomic mass is 9.89. The molecule has 1 heteroatoms. The van der Waals surface area contributed by atoms with E-state index in [0.29, 0.717) is 0 Å². The van der Waals surface area contributed by atoms with E-state index in [1.54, 1.807) is 11.8 Å². The lowest BCUT2D eigenvalue weighted by Crippen LogP contribution is -1.96. The van der Waals surface area contributed by atoms with E-state index in [9.17, 15) is 0 Å². The van der Waals surface area contributed by atoms with Crippen molar-refractivity contribution in [2.24, 2.45) is 0 Å². The van der Waals surface area contributed by atoms with Gasteiger partial charge in [-0.2, -0.15) is 0 Å². The molecule has 0 atom stereocenters. The van der Waals surface area contributed by atoms with Gasteiger partial charge >= 0.3 is 0 Å². The van der Waals surface area contributed by atoms with Crippen LogP contribution in [-0.2, 0) is 0 Å². The van der Waals surface area contributed by atoms with Crippen molar-refractivity contribution in [1.82, 2.24) is 0 Å². The van der Waals surface area contributed by atoms with Gasteiger partial charge in [0.25, 0.3) is 0 Å². The molecule has 0 aliphatic heterocycles. The van der Waals surface area contributed by atoms with Gasteiger partial charge in [0.15, 0.2) is 0 Å². The molecule has 0 spiro atoms. The fourth-order valence-electron chi connectivity index (χ4n) is 5.47. The first-order valence-electron chi connectivity index (χ1n) is 14.5. The number of hydrogen-bond acceptors (Lipinski definition) is 1. The molecular weight excluding hydrogens is 525 g/mol. The fourth-order valence-corrected chi connectivity index (χ4v) is 6.27. The third-order valence-corrected chi connectivity index (χ3v) is 8.81. The Kier molecular flexibility index (Phi) is 9.41. The van der Waals surface area contributed by atoms with Gasteiger partial charge in [-0.05, 0) is 101 Å². The smallest absolute Gasteiger partial charge is 0.0151 e. The Morgan fingerprint density at radius 3 is 2.05 bits per heavy atom. The van der Waals surface area contributed by atoms with Crippen LogP contribution >= 0.6 is 11.8 Å². The monoisotopic (exact) mass is 562 g/mol. The van der Waals surface area contributed by atoms with Crippen molar-refractivity contribution >= 4 is 38.9 Å².